The van der Waals surface area contributed by atoms with Crippen molar-refractivity contribution in [2.24, 2.45) is 5.41 Å². The van der Waals surface area contributed by atoms with E-state index in [0.717, 1.165) is 50.4 Å². The van der Waals surface area contributed by atoms with Gasteiger partial charge < -0.3 is 10.2 Å². The molecule has 29 heavy (non-hydrogen) atoms. The smallest absolute Gasteiger partial charge is 0.355 e. The predicted molar refractivity (Wildman–Crippen MR) is 106 cm³/mol. The summed E-state index contributed by atoms with van der Waals surface area (Å²) in [7, 11) is 1.97. The molecule has 1 aromatic carbocycles. The maximum absolute atomic E-state index is 13.0. The molecular weight excluding hydrogens is 381 g/mol. The summed E-state index contributed by atoms with van der Waals surface area (Å²) in [6, 6.07) is 5.09. The maximum atomic E-state index is 13.0. The first-order valence-electron chi connectivity index (χ1n) is 9.57. The Labute approximate surface area is 166 Å². The number of hydrogen-bond acceptors (Lipinski definition) is 5. The van der Waals surface area contributed by atoms with Crippen molar-refractivity contribution >= 4 is 17.0 Å². The molecular formula is C20H23F3N6. The number of fused-ring (bicyclic) bond motifs is 1. The van der Waals surface area contributed by atoms with Gasteiger partial charge in [-0.05, 0) is 37.4 Å². The number of piperidine rings is 1. The van der Waals surface area contributed by atoms with E-state index >= 15 is 0 Å². The van der Waals surface area contributed by atoms with Crippen LogP contribution in [-0.4, -0.2) is 46.8 Å². The average molecular weight is 404 g/mol. The molecule has 0 amide bonds. The first-order valence-corrected chi connectivity index (χ1v) is 9.57. The van der Waals surface area contributed by atoms with Crippen LogP contribution in [0.4, 0.5) is 19.0 Å². The van der Waals surface area contributed by atoms with Gasteiger partial charge >= 0.3 is 6.18 Å². The average Bonchev–Trinajstić information content (AvgIpc) is 3.11. The zero-order chi connectivity index (χ0) is 20.6. The van der Waals surface area contributed by atoms with Crippen molar-refractivity contribution < 1.29 is 13.2 Å². The summed E-state index contributed by atoms with van der Waals surface area (Å²) >= 11 is 0. The molecule has 3 aromatic rings. The molecule has 4 rings (SSSR count). The number of aromatic nitrogens is 4. The fraction of sp³-hybridized carbons (Fsp3) is 0.450. The normalized spacial score (nSPS) is 17.1. The lowest BCUT2D eigenvalue weighted by Gasteiger charge is -2.39. The Morgan fingerprint density at radius 3 is 2.69 bits per heavy atom. The van der Waals surface area contributed by atoms with Crippen LogP contribution in [0.25, 0.3) is 22.4 Å². The van der Waals surface area contributed by atoms with Gasteiger partial charge in [0, 0.05) is 25.2 Å². The van der Waals surface area contributed by atoms with Gasteiger partial charge in [0.15, 0.2) is 5.65 Å². The second-order valence-electron chi connectivity index (χ2n) is 7.90. The van der Waals surface area contributed by atoms with Crippen LogP contribution in [-0.2, 0) is 6.18 Å². The number of hydrogen-bond donors (Lipinski definition) is 2. The molecule has 1 aliphatic rings. The van der Waals surface area contributed by atoms with Crippen LogP contribution < -0.4 is 10.2 Å². The van der Waals surface area contributed by atoms with Gasteiger partial charge in [-0.25, -0.2) is 9.97 Å². The molecule has 1 saturated heterocycles. The highest BCUT2D eigenvalue weighted by Gasteiger charge is 2.31. The van der Waals surface area contributed by atoms with Gasteiger partial charge in [0.2, 0.25) is 0 Å². The molecule has 2 aromatic heterocycles. The topological polar surface area (TPSA) is 69.7 Å². The van der Waals surface area contributed by atoms with E-state index in [9.17, 15) is 13.2 Å². The van der Waals surface area contributed by atoms with Crippen molar-refractivity contribution in [2.75, 3.05) is 31.6 Å². The van der Waals surface area contributed by atoms with Gasteiger partial charge in [-0.3, -0.25) is 5.10 Å². The largest absolute Gasteiger partial charge is 0.416 e. The molecule has 6 nitrogen and oxygen atoms in total. The fourth-order valence-corrected chi connectivity index (χ4v) is 3.87. The molecule has 0 bridgehead atoms. The minimum absolute atomic E-state index is 0.271. The lowest BCUT2D eigenvalue weighted by Crippen LogP contribution is -2.43. The molecule has 0 aliphatic carbocycles. The van der Waals surface area contributed by atoms with Gasteiger partial charge in [-0.2, -0.15) is 18.3 Å². The standard InChI is InChI=1S/C20H23F3N6/c1-19(12-24-2)6-8-29(9-7-19)15-11-25-17-16(27-28-18(17)26-15)13-4-3-5-14(10-13)20(21,22)23/h3-5,10-11,24H,6-9,12H2,1-2H3,(H,26,27,28). The first-order chi connectivity index (χ1) is 13.8. The van der Waals surface area contributed by atoms with Crippen molar-refractivity contribution in [3.05, 3.63) is 36.0 Å². The molecule has 0 unspecified atom stereocenters. The second kappa shape index (κ2) is 7.29. The number of halogens is 3. The van der Waals surface area contributed by atoms with Crippen LogP contribution in [0.1, 0.15) is 25.3 Å². The summed E-state index contributed by atoms with van der Waals surface area (Å²) in [4.78, 5) is 11.3. The minimum atomic E-state index is -4.41. The number of rotatable bonds is 4. The summed E-state index contributed by atoms with van der Waals surface area (Å²) in [5.74, 6) is 0.753. The lowest BCUT2D eigenvalue weighted by atomic mass is 9.80. The van der Waals surface area contributed by atoms with Gasteiger partial charge in [0.1, 0.15) is 17.0 Å². The third-order valence-corrected chi connectivity index (χ3v) is 5.62. The van der Waals surface area contributed by atoms with Gasteiger partial charge in [0.05, 0.1) is 11.8 Å². The Morgan fingerprint density at radius 2 is 2.00 bits per heavy atom. The number of nitrogens with zero attached hydrogens (tertiary/aromatic N) is 4. The van der Waals surface area contributed by atoms with Crippen LogP contribution in [0.15, 0.2) is 30.5 Å². The van der Waals surface area contributed by atoms with E-state index < -0.39 is 11.7 Å². The number of alkyl halides is 3. The van der Waals surface area contributed by atoms with Crippen LogP contribution in [0, 0.1) is 5.41 Å². The molecule has 9 heteroatoms. The summed E-state index contributed by atoms with van der Waals surface area (Å²) in [5, 5.41) is 10.3. The van der Waals surface area contributed by atoms with E-state index in [1.807, 2.05) is 7.05 Å². The van der Waals surface area contributed by atoms with Crippen molar-refractivity contribution in [3.63, 3.8) is 0 Å². The van der Waals surface area contributed by atoms with E-state index in [1.54, 1.807) is 12.3 Å². The minimum Gasteiger partial charge on any atom is -0.355 e. The van der Waals surface area contributed by atoms with E-state index in [0.29, 0.717) is 22.4 Å². The summed E-state index contributed by atoms with van der Waals surface area (Å²) in [5.41, 5.74) is 1.21. The highest BCUT2D eigenvalue weighted by atomic mass is 19.4. The predicted octanol–water partition coefficient (Wildman–Crippen LogP) is 3.86. The SMILES string of the molecule is CNCC1(C)CCN(c2cnc3c(-c4cccc(C(F)(F)F)c4)n[nH]c3n2)CC1. The van der Waals surface area contributed by atoms with Gasteiger partial charge in [-0.15, -0.1) is 0 Å². The van der Waals surface area contributed by atoms with Crippen LogP contribution in [0.5, 0.6) is 0 Å². The van der Waals surface area contributed by atoms with E-state index in [4.69, 9.17) is 0 Å². The highest BCUT2D eigenvalue weighted by molar-refractivity contribution is 5.88. The number of benzene rings is 1. The third-order valence-electron chi connectivity index (χ3n) is 5.62. The Kier molecular flexibility index (Phi) is 4.94. The monoisotopic (exact) mass is 404 g/mol. The Balaban J connectivity index is 1.59. The number of nitrogens with one attached hydrogen (secondary N) is 2. The van der Waals surface area contributed by atoms with E-state index in [2.05, 4.69) is 37.3 Å². The molecule has 1 fully saturated rings. The summed E-state index contributed by atoms with van der Waals surface area (Å²) in [6.45, 7) is 5.03. The molecule has 2 N–H and O–H groups in total. The maximum Gasteiger partial charge on any atom is 0.416 e. The van der Waals surface area contributed by atoms with Crippen LogP contribution >= 0.6 is 0 Å². The van der Waals surface area contributed by atoms with Gasteiger partial charge in [-0.1, -0.05) is 19.1 Å². The molecule has 0 spiro atoms. The Bertz CT molecular complexity index is 1000. The second-order valence-corrected chi connectivity index (χ2v) is 7.90. The molecule has 1 aliphatic heterocycles. The van der Waals surface area contributed by atoms with Crippen LogP contribution in [0.3, 0.4) is 0 Å². The van der Waals surface area contributed by atoms with Gasteiger partial charge in [0.25, 0.3) is 0 Å². The lowest BCUT2D eigenvalue weighted by molar-refractivity contribution is -0.137. The number of H-pyrrole nitrogens is 1. The van der Waals surface area contributed by atoms with Crippen molar-refractivity contribution in [1.29, 1.82) is 0 Å². The van der Waals surface area contributed by atoms with Crippen molar-refractivity contribution in [1.82, 2.24) is 25.5 Å². The zero-order valence-corrected chi connectivity index (χ0v) is 16.3. The molecule has 154 valence electrons. The quantitative estimate of drug-likeness (QED) is 0.691. The zero-order valence-electron chi connectivity index (χ0n) is 16.3. The van der Waals surface area contributed by atoms with E-state index in [-0.39, 0.29) is 5.41 Å². The van der Waals surface area contributed by atoms with Crippen molar-refractivity contribution in [3.8, 4) is 11.3 Å². The van der Waals surface area contributed by atoms with Crippen LogP contribution in [0.2, 0.25) is 0 Å². The number of aromatic amines is 1. The molecule has 0 atom stereocenters. The number of anilines is 1. The molecule has 0 saturated carbocycles. The molecule has 0 radical (unpaired) electrons. The summed E-state index contributed by atoms with van der Waals surface area (Å²) < 4.78 is 39.1. The van der Waals surface area contributed by atoms with E-state index in [1.165, 1.54) is 6.07 Å². The Hall–Kier alpha value is -2.68. The molecule has 3 heterocycles. The van der Waals surface area contributed by atoms with Crippen molar-refractivity contribution in [2.45, 2.75) is 25.9 Å². The summed E-state index contributed by atoms with van der Waals surface area (Å²) in [6.07, 6.45) is -0.634. The Morgan fingerprint density at radius 1 is 1.24 bits per heavy atom. The fourth-order valence-electron chi connectivity index (χ4n) is 3.87. The third kappa shape index (κ3) is 3.91. The highest BCUT2D eigenvalue weighted by Crippen LogP contribution is 2.34. The first kappa shape index (κ1) is 19.6.